The minimum absolute atomic E-state index is 0.0533. The molecule has 0 saturated heterocycles. The number of aromatic hydroxyl groups is 1. The first-order valence-electron chi connectivity index (χ1n) is 10.3. The number of aryl methyl sites for hydroxylation is 1. The number of phenolic OH excluding ortho intramolecular Hbond substituents is 1. The molecule has 33 heavy (non-hydrogen) atoms. The molecule has 0 saturated carbocycles. The first-order valence-corrected chi connectivity index (χ1v) is 10.7. The van der Waals surface area contributed by atoms with E-state index in [1.165, 1.54) is 24.3 Å². The monoisotopic (exact) mass is 467 g/mol. The number of phenols is 1. The van der Waals surface area contributed by atoms with Crippen LogP contribution in [0, 0.1) is 12.7 Å². The second kappa shape index (κ2) is 8.21. The zero-order valence-corrected chi connectivity index (χ0v) is 19.1. The molecule has 1 heterocycles. The van der Waals surface area contributed by atoms with Gasteiger partial charge in [-0.25, -0.2) is 9.18 Å². The molecule has 4 rings (SSSR count). The van der Waals surface area contributed by atoms with Crippen LogP contribution in [0.4, 0.5) is 4.39 Å². The smallest absolute Gasteiger partial charge is 0.335 e. The standard InChI is InChI=1S/C26H23ClFNO4/c1-14-10-18(8-9-19(14)28)29-20-11-17(27)12-21(31)23(20)22(24(29)26(2,3)13-30)15-4-6-16(7-5-15)25(32)33/h4-12,30-31H,13H2,1-3H3,(H,32,33). The Morgan fingerprint density at radius 3 is 2.33 bits per heavy atom. The summed E-state index contributed by atoms with van der Waals surface area (Å²) in [7, 11) is 0. The Balaban J connectivity index is 2.20. The lowest BCUT2D eigenvalue weighted by Crippen LogP contribution is -2.26. The molecule has 0 aliphatic carbocycles. The molecule has 4 aromatic rings. The normalized spacial score (nSPS) is 11.8. The summed E-state index contributed by atoms with van der Waals surface area (Å²) in [5, 5.41) is 31.4. The van der Waals surface area contributed by atoms with E-state index in [1.807, 2.05) is 18.4 Å². The van der Waals surface area contributed by atoms with Gasteiger partial charge in [0, 0.05) is 27.4 Å². The van der Waals surface area contributed by atoms with Crippen molar-refractivity contribution in [2.75, 3.05) is 6.61 Å². The van der Waals surface area contributed by atoms with Crippen molar-refractivity contribution in [1.29, 1.82) is 0 Å². The van der Waals surface area contributed by atoms with Crippen molar-refractivity contribution in [3.8, 4) is 22.6 Å². The van der Waals surface area contributed by atoms with Crippen molar-refractivity contribution >= 4 is 28.5 Å². The van der Waals surface area contributed by atoms with E-state index in [0.29, 0.717) is 44.0 Å². The van der Waals surface area contributed by atoms with Crippen LogP contribution in [0.5, 0.6) is 5.75 Å². The number of aliphatic hydroxyl groups excluding tert-OH is 1. The molecule has 0 spiro atoms. The topological polar surface area (TPSA) is 82.7 Å². The van der Waals surface area contributed by atoms with Gasteiger partial charge >= 0.3 is 5.97 Å². The van der Waals surface area contributed by atoms with E-state index in [0.717, 1.165) is 0 Å². The number of benzene rings is 3. The number of halogens is 2. The highest BCUT2D eigenvalue weighted by Crippen LogP contribution is 2.47. The highest BCUT2D eigenvalue weighted by atomic mass is 35.5. The van der Waals surface area contributed by atoms with Gasteiger partial charge in [-0.1, -0.05) is 37.6 Å². The van der Waals surface area contributed by atoms with E-state index in [2.05, 4.69) is 0 Å². The van der Waals surface area contributed by atoms with Gasteiger partial charge in [-0.05, 0) is 60.5 Å². The molecule has 3 N–H and O–H groups in total. The lowest BCUT2D eigenvalue weighted by Gasteiger charge is -2.27. The summed E-state index contributed by atoms with van der Waals surface area (Å²) in [4.78, 5) is 11.4. The number of aromatic carboxylic acids is 1. The average Bonchev–Trinajstić information content (AvgIpc) is 3.12. The first kappa shape index (κ1) is 22.8. The van der Waals surface area contributed by atoms with Crippen LogP contribution in [-0.4, -0.2) is 32.5 Å². The van der Waals surface area contributed by atoms with Gasteiger partial charge in [0.2, 0.25) is 0 Å². The minimum atomic E-state index is -1.05. The van der Waals surface area contributed by atoms with Gasteiger partial charge in [-0.2, -0.15) is 0 Å². The van der Waals surface area contributed by atoms with Crippen LogP contribution >= 0.6 is 11.6 Å². The number of hydrogen-bond donors (Lipinski definition) is 3. The summed E-state index contributed by atoms with van der Waals surface area (Å²) in [6.45, 7) is 5.18. The van der Waals surface area contributed by atoms with E-state index < -0.39 is 11.4 Å². The third-order valence-electron chi connectivity index (χ3n) is 5.87. The lowest BCUT2D eigenvalue weighted by atomic mass is 9.84. The lowest BCUT2D eigenvalue weighted by molar-refractivity contribution is 0.0697. The van der Waals surface area contributed by atoms with E-state index >= 15 is 0 Å². The van der Waals surface area contributed by atoms with Crippen LogP contribution in [0.25, 0.3) is 27.7 Å². The fourth-order valence-electron chi connectivity index (χ4n) is 4.17. The molecule has 0 amide bonds. The Labute approximate surface area is 195 Å². The highest BCUT2D eigenvalue weighted by Gasteiger charge is 2.33. The van der Waals surface area contributed by atoms with Crippen LogP contribution in [0.2, 0.25) is 5.02 Å². The average molecular weight is 468 g/mol. The van der Waals surface area contributed by atoms with Gasteiger partial charge in [0.15, 0.2) is 0 Å². The molecule has 1 aromatic heterocycles. The number of fused-ring (bicyclic) bond motifs is 1. The van der Waals surface area contributed by atoms with Gasteiger partial charge in [0.1, 0.15) is 11.6 Å². The van der Waals surface area contributed by atoms with Crippen molar-refractivity contribution in [1.82, 2.24) is 4.57 Å². The molecule has 0 bridgehead atoms. The third kappa shape index (κ3) is 3.86. The van der Waals surface area contributed by atoms with Gasteiger partial charge in [0.25, 0.3) is 0 Å². The minimum Gasteiger partial charge on any atom is -0.507 e. The van der Waals surface area contributed by atoms with Crippen LogP contribution in [0.3, 0.4) is 0 Å². The quantitative estimate of drug-likeness (QED) is 0.332. The van der Waals surface area contributed by atoms with E-state index in [4.69, 9.17) is 11.6 Å². The highest BCUT2D eigenvalue weighted by molar-refractivity contribution is 6.31. The molecular formula is C26H23ClFNO4. The number of hydrogen-bond acceptors (Lipinski definition) is 3. The Morgan fingerprint density at radius 2 is 1.76 bits per heavy atom. The Hall–Kier alpha value is -3.35. The molecule has 7 heteroatoms. The van der Waals surface area contributed by atoms with E-state index in [1.54, 1.807) is 37.3 Å². The van der Waals surface area contributed by atoms with Crippen molar-refractivity contribution in [3.05, 3.63) is 82.3 Å². The molecule has 170 valence electrons. The van der Waals surface area contributed by atoms with Crippen molar-refractivity contribution in [3.63, 3.8) is 0 Å². The van der Waals surface area contributed by atoms with Crippen molar-refractivity contribution < 1.29 is 24.5 Å². The fraction of sp³-hybridized carbons (Fsp3) is 0.192. The number of carbonyl (C=O) groups is 1. The third-order valence-corrected chi connectivity index (χ3v) is 6.09. The molecule has 5 nitrogen and oxygen atoms in total. The Bertz CT molecular complexity index is 1390. The van der Waals surface area contributed by atoms with Gasteiger partial charge in [-0.3, -0.25) is 0 Å². The van der Waals surface area contributed by atoms with Gasteiger partial charge < -0.3 is 19.9 Å². The Morgan fingerprint density at radius 1 is 1.09 bits per heavy atom. The fourth-order valence-corrected chi connectivity index (χ4v) is 4.38. The van der Waals surface area contributed by atoms with Crippen molar-refractivity contribution in [2.24, 2.45) is 0 Å². The van der Waals surface area contributed by atoms with Crippen LogP contribution in [0.15, 0.2) is 54.6 Å². The zero-order chi connectivity index (χ0) is 24.1. The van der Waals surface area contributed by atoms with E-state index in [-0.39, 0.29) is 23.7 Å². The maximum atomic E-state index is 14.1. The SMILES string of the molecule is Cc1cc(-n2c(C(C)(C)CO)c(-c3ccc(C(=O)O)cc3)c3c(O)cc(Cl)cc32)ccc1F. The molecule has 0 unspecified atom stereocenters. The molecular weight excluding hydrogens is 445 g/mol. The van der Waals surface area contributed by atoms with Crippen LogP contribution in [0.1, 0.15) is 35.5 Å². The van der Waals surface area contributed by atoms with Crippen LogP contribution in [-0.2, 0) is 5.41 Å². The second-order valence-electron chi connectivity index (χ2n) is 8.74. The number of carboxylic acids is 1. The molecule has 0 atom stereocenters. The number of aromatic nitrogens is 1. The molecule has 3 aromatic carbocycles. The van der Waals surface area contributed by atoms with Crippen LogP contribution < -0.4 is 0 Å². The number of nitrogens with zero attached hydrogens (tertiary/aromatic N) is 1. The molecule has 0 fully saturated rings. The summed E-state index contributed by atoms with van der Waals surface area (Å²) in [6, 6.07) is 14.2. The molecule has 0 radical (unpaired) electrons. The zero-order valence-electron chi connectivity index (χ0n) is 18.4. The van der Waals surface area contributed by atoms with E-state index in [9.17, 15) is 24.5 Å². The predicted molar refractivity (Wildman–Crippen MR) is 127 cm³/mol. The first-order chi connectivity index (χ1) is 15.5. The number of rotatable bonds is 5. The summed E-state index contributed by atoms with van der Waals surface area (Å²) < 4.78 is 15.9. The maximum absolute atomic E-state index is 14.1. The summed E-state index contributed by atoms with van der Waals surface area (Å²) in [6.07, 6.45) is 0. The summed E-state index contributed by atoms with van der Waals surface area (Å²) in [5.74, 6) is -1.44. The number of carboxylic acid groups (broad SMARTS) is 1. The summed E-state index contributed by atoms with van der Waals surface area (Å²) in [5.41, 5.74) is 2.99. The maximum Gasteiger partial charge on any atom is 0.335 e. The van der Waals surface area contributed by atoms with Gasteiger partial charge in [-0.15, -0.1) is 0 Å². The van der Waals surface area contributed by atoms with Gasteiger partial charge in [0.05, 0.1) is 23.1 Å². The Kier molecular flexibility index (Phi) is 5.68. The largest absolute Gasteiger partial charge is 0.507 e. The number of aliphatic hydroxyl groups is 1. The van der Waals surface area contributed by atoms with Crippen molar-refractivity contribution in [2.45, 2.75) is 26.2 Å². The summed E-state index contributed by atoms with van der Waals surface area (Å²) >= 11 is 6.30. The predicted octanol–water partition coefficient (Wildman–Crippen LogP) is 6.07. The second-order valence-corrected chi connectivity index (χ2v) is 9.17. The molecule has 0 aliphatic heterocycles. The molecule has 0 aliphatic rings.